The number of aliphatic hydroxyl groups excluding tert-OH is 1. The lowest BCUT2D eigenvalue weighted by molar-refractivity contribution is -0.117. The molecule has 1 amide bonds. The van der Waals surface area contributed by atoms with Gasteiger partial charge in [0.05, 0.1) is 17.4 Å². The Hall–Kier alpha value is -2.00. The molecule has 8 heteroatoms. The highest BCUT2D eigenvalue weighted by Gasteiger charge is 2.23. The summed E-state index contributed by atoms with van der Waals surface area (Å²) in [7, 11) is 0. The fourth-order valence-electron chi connectivity index (χ4n) is 3.02. The third-order valence-electron chi connectivity index (χ3n) is 4.58. The molecule has 2 N–H and O–H groups in total. The van der Waals surface area contributed by atoms with Gasteiger partial charge < -0.3 is 20.2 Å². The van der Waals surface area contributed by atoms with Gasteiger partial charge in [-0.05, 0) is 23.8 Å². The lowest BCUT2D eigenvalue weighted by Crippen LogP contribution is -2.37. The molecule has 0 aliphatic carbocycles. The summed E-state index contributed by atoms with van der Waals surface area (Å²) in [6, 6.07) is 16.1. The number of ether oxygens (including phenoxy) is 1. The Balaban J connectivity index is 1.70. The summed E-state index contributed by atoms with van der Waals surface area (Å²) in [6.07, 6.45) is 1.86. The van der Waals surface area contributed by atoms with Gasteiger partial charge in [0.1, 0.15) is 12.4 Å². The van der Waals surface area contributed by atoms with E-state index >= 15 is 0 Å². The summed E-state index contributed by atoms with van der Waals surface area (Å²) >= 11 is 5.05. The Bertz CT molecular complexity index is 879. The Labute approximate surface area is 190 Å². The van der Waals surface area contributed by atoms with Crippen LogP contribution in [0.5, 0.6) is 5.75 Å². The van der Waals surface area contributed by atoms with Crippen LogP contribution in [0.25, 0.3) is 0 Å². The summed E-state index contributed by atoms with van der Waals surface area (Å²) in [6.45, 7) is 4.23. The van der Waals surface area contributed by atoms with Gasteiger partial charge in [0.15, 0.2) is 0 Å². The molecule has 160 valence electrons. The van der Waals surface area contributed by atoms with Gasteiger partial charge in [-0.3, -0.25) is 4.79 Å². The molecule has 1 aliphatic rings. The number of thioether (sulfide) groups is 1. The van der Waals surface area contributed by atoms with Crippen LogP contribution in [0.1, 0.15) is 18.1 Å². The first-order valence-corrected chi connectivity index (χ1v) is 11.6. The van der Waals surface area contributed by atoms with Crippen LogP contribution in [0, 0.1) is 0 Å². The van der Waals surface area contributed by atoms with Crippen molar-refractivity contribution in [3.05, 3.63) is 75.2 Å². The van der Waals surface area contributed by atoms with E-state index in [0.717, 1.165) is 27.9 Å². The molecule has 2 aromatic carbocycles. The molecule has 0 spiro atoms. The highest BCUT2D eigenvalue weighted by molar-refractivity contribution is 9.10. The van der Waals surface area contributed by atoms with Gasteiger partial charge in [0, 0.05) is 35.9 Å². The standard InChI is InChI=1S/C22H26BrN3O3S/c1-2-25(26-14-21(30-16-26)22(28)24-10-11-27)13-18-12-19(23)8-9-20(18)29-15-17-6-4-3-5-7-17/h3-9,12,14,27H,2,10-11,13,15-16H2,1H3,(H,24,28). The van der Waals surface area contributed by atoms with Gasteiger partial charge in [-0.15, -0.1) is 0 Å². The number of aliphatic hydroxyl groups is 1. The van der Waals surface area contributed by atoms with E-state index in [4.69, 9.17) is 9.84 Å². The van der Waals surface area contributed by atoms with Crippen molar-refractivity contribution in [3.8, 4) is 5.75 Å². The van der Waals surface area contributed by atoms with Gasteiger partial charge in [-0.25, -0.2) is 5.01 Å². The number of hydrazine groups is 1. The minimum atomic E-state index is -0.151. The monoisotopic (exact) mass is 491 g/mol. The summed E-state index contributed by atoms with van der Waals surface area (Å²) in [5.74, 6) is 1.36. The molecule has 0 aromatic heterocycles. The Morgan fingerprint density at radius 2 is 2.10 bits per heavy atom. The largest absolute Gasteiger partial charge is 0.489 e. The van der Waals surface area contributed by atoms with Crippen LogP contribution in [0.4, 0.5) is 0 Å². The molecule has 0 fully saturated rings. The molecule has 30 heavy (non-hydrogen) atoms. The molecule has 0 atom stereocenters. The average molecular weight is 492 g/mol. The van der Waals surface area contributed by atoms with Crippen LogP contribution in [0.3, 0.4) is 0 Å². The lowest BCUT2D eigenvalue weighted by atomic mass is 10.2. The van der Waals surface area contributed by atoms with E-state index in [9.17, 15) is 4.79 Å². The van der Waals surface area contributed by atoms with Gasteiger partial charge in [0.25, 0.3) is 5.91 Å². The van der Waals surface area contributed by atoms with E-state index < -0.39 is 0 Å². The molecule has 2 aromatic rings. The number of hydrogen-bond acceptors (Lipinski definition) is 6. The number of nitrogens with zero attached hydrogens (tertiary/aromatic N) is 2. The molecule has 6 nitrogen and oxygen atoms in total. The average Bonchev–Trinajstić information content (AvgIpc) is 3.26. The highest BCUT2D eigenvalue weighted by atomic mass is 79.9. The summed E-state index contributed by atoms with van der Waals surface area (Å²) in [4.78, 5) is 12.8. The first-order valence-electron chi connectivity index (χ1n) is 9.81. The maximum Gasteiger partial charge on any atom is 0.259 e. The van der Waals surface area contributed by atoms with Crippen molar-refractivity contribution in [1.82, 2.24) is 15.3 Å². The maximum absolute atomic E-state index is 12.2. The summed E-state index contributed by atoms with van der Waals surface area (Å²) in [5, 5.41) is 15.8. The Morgan fingerprint density at radius 1 is 1.30 bits per heavy atom. The van der Waals surface area contributed by atoms with E-state index in [0.29, 0.717) is 23.9 Å². The number of rotatable bonds is 10. The van der Waals surface area contributed by atoms with Crippen molar-refractivity contribution >= 4 is 33.6 Å². The second kappa shape index (κ2) is 11.4. The molecule has 0 saturated carbocycles. The summed E-state index contributed by atoms with van der Waals surface area (Å²) in [5.41, 5.74) is 2.19. The van der Waals surface area contributed by atoms with Gasteiger partial charge in [0.2, 0.25) is 0 Å². The van der Waals surface area contributed by atoms with Gasteiger partial charge >= 0.3 is 0 Å². The molecule has 0 saturated heterocycles. The zero-order valence-electron chi connectivity index (χ0n) is 16.9. The Kier molecular flexibility index (Phi) is 8.62. The van der Waals surface area contributed by atoms with Crippen LogP contribution in [-0.2, 0) is 17.9 Å². The maximum atomic E-state index is 12.2. The number of benzene rings is 2. The quantitative estimate of drug-likeness (QED) is 0.527. The summed E-state index contributed by atoms with van der Waals surface area (Å²) < 4.78 is 7.11. The van der Waals surface area contributed by atoms with E-state index in [1.165, 1.54) is 11.8 Å². The number of amides is 1. The van der Waals surface area contributed by atoms with E-state index in [-0.39, 0.29) is 19.1 Å². The number of carbonyl (C=O) groups is 1. The predicted molar refractivity (Wildman–Crippen MR) is 123 cm³/mol. The van der Waals surface area contributed by atoms with Crippen molar-refractivity contribution in [2.45, 2.75) is 20.1 Å². The smallest absolute Gasteiger partial charge is 0.259 e. The molecule has 1 aliphatic heterocycles. The minimum absolute atomic E-state index is 0.0663. The molecule has 0 radical (unpaired) electrons. The molecule has 1 heterocycles. The van der Waals surface area contributed by atoms with Crippen LogP contribution in [0.2, 0.25) is 0 Å². The van der Waals surface area contributed by atoms with Crippen molar-refractivity contribution in [1.29, 1.82) is 0 Å². The minimum Gasteiger partial charge on any atom is -0.489 e. The molecular formula is C22H26BrN3O3S. The van der Waals surface area contributed by atoms with Crippen LogP contribution < -0.4 is 10.1 Å². The van der Waals surface area contributed by atoms with Crippen LogP contribution >= 0.6 is 27.7 Å². The first kappa shape index (κ1) is 22.7. The second-order valence-corrected chi connectivity index (χ2v) is 8.60. The molecule has 3 rings (SSSR count). The number of nitrogens with one attached hydrogen (secondary N) is 1. The zero-order valence-corrected chi connectivity index (χ0v) is 19.3. The fraction of sp³-hybridized carbons (Fsp3) is 0.318. The topological polar surface area (TPSA) is 65.0 Å². The van der Waals surface area contributed by atoms with Crippen molar-refractivity contribution in [3.63, 3.8) is 0 Å². The van der Waals surface area contributed by atoms with Crippen LogP contribution in [0.15, 0.2) is 64.1 Å². The number of halogens is 1. The first-order chi connectivity index (χ1) is 14.6. The fourth-order valence-corrected chi connectivity index (χ4v) is 4.34. The highest BCUT2D eigenvalue weighted by Crippen LogP contribution is 2.30. The Morgan fingerprint density at radius 3 is 2.83 bits per heavy atom. The van der Waals surface area contributed by atoms with E-state index in [1.54, 1.807) is 0 Å². The third kappa shape index (κ3) is 6.25. The molecular weight excluding hydrogens is 466 g/mol. The second-order valence-electron chi connectivity index (χ2n) is 6.69. The SMILES string of the molecule is CCN(Cc1cc(Br)ccc1OCc1ccccc1)N1C=C(C(=O)NCCO)SC1. The van der Waals surface area contributed by atoms with E-state index in [1.807, 2.05) is 48.7 Å². The van der Waals surface area contributed by atoms with Crippen molar-refractivity contribution in [2.24, 2.45) is 0 Å². The normalized spacial score (nSPS) is 13.5. The predicted octanol–water partition coefficient (Wildman–Crippen LogP) is 3.72. The van der Waals surface area contributed by atoms with E-state index in [2.05, 4.69) is 44.3 Å². The van der Waals surface area contributed by atoms with Crippen molar-refractivity contribution in [2.75, 3.05) is 25.6 Å². The zero-order chi connectivity index (χ0) is 21.3. The van der Waals surface area contributed by atoms with Crippen molar-refractivity contribution < 1.29 is 14.6 Å². The lowest BCUT2D eigenvalue weighted by Gasteiger charge is -2.30. The molecule has 0 bridgehead atoms. The number of carbonyl (C=O) groups excluding carboxylic acids is 1. The van der Waals surface area contributed by atoms with Gasteiger partial charge in [-0.1, -0.05) is 64.9 Å². The molecule has 0 unspecified atom stereocenters. The number of hydrogen-bond donors (Lipinski definition) is 2. The third-order valence-corrected chi connectivity index (χ3v) is 6.07. The van der Waals surface area contributed by atoms with Crippen LogP contribution in [-0.4, -0.2) is 46.6 Å². The van der Waals surface area contributed by atoms with Gasteiger partial charge in [-0.2, -0.15) is 0 Å².